The number of amides is 1. The Morgan fingerprint density at radius 1 is 1.41 bits per heavy atom. The summed E-state index contributed by atoms with van der Waals surface area (Å²) in [6.45, 7) is 3.81. The number of aliphatic hydroxyl groups is 1. The summed E-state index contributed by atoms with van der Waals surface area (Å²) < 4.78 is 0. The van der Waals surface area contributed by atoms with E-state index in [1.165, 1.54) is 0 Å². The lowest BCUT2D eigenvalue weighted by Gasteiger charge is -2.19. The van der Waals surface area contributed by atoms with Gasteiger partial charge in [0.1, 0.15) is 5.75 Å². The van der Waals surface area contributed by atoms with Crippen LogP contribution >= 0.6 is 0 Å². The number of phenolic OH excluding ortho intramolecular Hbond substituents is 1. The van der Waals surface area contributed by atoms with Gasteiger partial charge in [-0.25, -0.2) is 0 Å². The highest BCUT2D eigenvalue weighted by Gasteiger charge is 2.15. The van der Waals surface area contributed by atoms with Crippen LogP contribution in [-0.4, -0.2) is 28.8 Å². The molecule has 0 fully saturated rings. The fraction of sp³-hybridized carbons (Fsp3) is 0.462. The van der Waals surface area contributed by atoms with Crippen molar-refractivity contribution < 1.29 is 15.0 Å². The summed E-state index contributed by atoms with van der Waals surface area (Å²) in [5.74, 6) is 0.189. The molecule has 3 N–H and O–H groups in total. The highest BCUT2D eigenvalue weighted by molar-refractivity contribution is 5.79. The lowest BCUT2D eigenvalue weighted by Crippen LogP contribution is -2.41. The number of hydrogen-bond acceptors (Lipinski definition) is 3. The van der Waals surface area contributed by atoms with Crippen LogP contribution in [0.15, 0.2) is 24.3 Å². The average Bonchev–Trinajstić information content (AvgIpc) is 2.25. The van der Waals surface area contributed by atoms with Crippen LogP contribution in [0, 0.1) is 5.92 Å². The Morgan fingerprint density at radius 3 is 2.65 bits per heavy atom. The zero-order chi connectivity index (χ0) is 12.8. The zero-order valence-corrected chi connectivity index (χ0v) is 10.2. The summed E-state index contributed by atoms with van der Waals surface area (Å²) in [6.07, 6.45) is 0.206. The molecule has 0 bridgehead atoms. The lowest BCUT2D eigenvalue weighted by atomic mass is 10.0. The van der Waals surface area contributed by atoms with E-state index in [0.29, 0.717) is 0 Å². The fourth-order valence-electron chi connectivity index (χ4n) is 1.53. The van der Waals surface area contributed by atoms with Crippen molar-refractivity contribution in [2.24, 2.45) is 5.92 Å². The van der Waals surface area contributed by atoms with Crippen molar-refractivity contribution in [3.8, 4) is 5.75 Å². The molecule has 0 heterocycles. The monoisotopic (exact) mass is 237 g/mol. The van der Waals surface area contributed by atoms with E-state index >= 15 is 0 Å². The molecule has 0 aromatic heterocycles. The maximum absolute atomic E-state index is 11.7. The molecule has 0 aliphatic rings. The van der Waals surface area contributed by atoms with Crippen molar-refractivity contribution >= 4 is 5.91 Å². The predicted octanol–water partition coefficient (Wildman–Crippen LogP) is 1.07. The Hall–Kier alpha value is -1.55. The number of benzene rings is 1. The molecule has 0 radical (unpaired) electrons. The molecule has 0 aliphatic heterocycles. The Balaban J connectivity index is 2.55. The molecule has 4 heteroatoms. The molecule has 94 valence electrons. The van der Waals surface area contributed by atoms with Crippen molar-refractivity contribution in [2.45, 2.75) is 26.3 Å². The van der Waals surface area contributed by atoms with Gasteiger partial charge in [0.2, 0.25) is 5.91 Å². The number of carbonyl (C=O) groups is 1. The van der Waals surface area contributed by atoms with Gasteiger partial charge in [-0.2, -0.15) is 0 Å². The summed E-state index contributed by atoms with van der Waals surface area (Å²) in [7, 11) is 0. The van der Waals surface area contributed by atoms with Crippen molar-refractivity contribution in [3.63, 3.8) is 0 Å². The average molecular weight is 237 g/mol. The normalized spacial score (nSPS) is 12.5. The fourth-order valence-corrected chi connectivity index (χ4v) is 1.53. The molecule has 1 amide bonds. The van der Waals surface area contributed by atoms with Gasteiger partial charge < -0.3 is 15.5 Å². The molecular weight excluding hydrogens is 218 g/mol. The van der Waals surface area contributed by atoms with Crippen molar-refractivity contribution in [2.75, 3.05) is 6.61 Å². The third kappa shape index (κ3) is 4.44. The number of carbonyl (C=O) groups excluding carboxylic acids is 1. The van der Waals surface area contributed by atoms with E-state index in [2.05, 4.69) is 5.32 Å². The highest BCUT2D eigenvalue weighted by atomic mass is 16.3. The lowest BCUT2D eigenvalue weighted by molar-refractivity contribution is -0.121. The van der Waals surface area contributed by atoms with Crippen molar-refractivity contribution in [1.29, 1.82) is 0 Å². The van der Waals surface area contributed by atoms with Gasteiger partial charge >= 0.3 is 0 Å². The standard InChI is InChI=1S/C13H19NO3/c1-9(2)12(8-15)14-13(17)7-10-4-3-5-11(16)6-10/h3-6,9,12,15-16H,7-8H2,1-2H3,(H,14,17). The van der Waals surface area contributed by atoms with Crippen molar-refractivity contribution in [1.82, 2.24) is 5.32 Å². The van der Waals surface area contributed by atoms with E-state index in [0.717, 1.165) is 5.56 Å². The number of aliphatic hydroxyl groups excluding tert-OH is 1. The zero-order valence-electron chi connectivity index (χ0n) is 10.2. The largest absolute Gasteiger partial charge is 0.508 e. The number of hydrogen-bond donors (Lipinski definition) is 3. The SMILES string of the molecule is CC(C)C(CO)NC(=O)Cc1cccc(O)c1. The Labute approximate surface area is 101 Å². The maximum atomic E-state index is 11.7. The van der Waals surface area contributed by atoms with Gasteiger partial charge in [0.25, 0.3) is 0 Å². The Bertz CT molecular complexity index is 377. The van der Waals surface area contributed by atoms with Crippen LogP contribution in [0.2, 0.25) is 0 Å². The second kappa shape index (κ2) is 6.25. The number of rotatable bonds is 5. The van der Waals surface area contributed by atoms with Gasteiger partial charge in [-0.1, -0.05) is 26.0 Å². The highest BCUT2D eigenvalue weighted by Crippen LogP contribution is 2.11. The second-order valence-electron chi connectivity index (χ2n) is 4.45. The summed E-state index contributed by atoms with van der Waals surface area (Å²) in [4.78, 5) is 11.7. The van der Waals surface area contributed by atoms with Crippen LogP contribution in [-0.2, 0) is 11.2 Å². The quantitative estimate of drug-likeness (QED) is 0.717. The van der Waals surface area contributed by atoms with Crippen LogP contribution in [0.25, 0.3) is 0 Å². The van der Waals surface area contributed by atoms with Gasteiger partial charge in [-0.05, 0) is 23.6 Å². The van der Waals surface area contributed by atoms with E-state index in [1.807, 2.05) is 13.8 Å². The van der Waals surface area contributed by atoms with Gasteiger partial charge in [-0.15, -0.1) is 0 Å². The van der Waals surface area contributed by atoms with Crippen LogP contribution in [0.3, 0.4) is 0 Å². The second-order valence-corrected chi connectivity index (χ2v) is 4.45. The number of aromatic hydroxyl groups is 1. The molecule has 0 saturated heterocycles. The minimum absolute atomic E-state index is 0.0660. The Kier molecular flexibility index (Phi) is 4.97. The third-order valence-electron chi connectivity index (χ3n) is 2.62. The maximum Gasteiger partial charge on any atom is 0.224 e. The first-order valence-corrected chi connectivity index (χ1v) is 5.71. The number of phenols is 1. The molecule has 1 rings (SSSR count). The van der Waals surface area contributed by atoms with Crippen LogP contribution in [0.1, 0.15) is 19.4 Å². The van der Waals surface area contributed by atoms with E-state index in [-0.39, 0.29) is 36.6 Å². The molecule has 0 aliphatic carbocycles. The topological polar surface area (TPSA) is 69.6 Å². The molecule has 0 saturated carbocycles. The first kappa shape index (κ1) is 13.5. The van der Waals surface area contributed by atoms with E-state index in [9.17, 15) is 9.90 Å². The molecule has 1 aromatic carbocycles. The first-order valence-electron chi connectivity index (χ1n) is 5.71. The van der Waals surface area contributed by atoms with Gasteiger partial charge in [0.15, 0.2) is 0 Å². The minimum Gasteiger partial charge on any atom is -0.508 e. The molecule has 1 aromatic rings. The molecule has 1 atom stereocenters. The third-order valence-corrected chi connectivity index (χ3v) is 2.62. The molecule has 0 spiro atoms. The summed E-state index contributed by atoms with van der Waals surface area (Å²) in [5, 5.41) is 21.1. The van der Waals surface area contributed by atoms with E-state index < -0.39 is 0 Å². The molecule has 1 unspecified atom stereocenters. The van der Waals surface area contributed by atoms with Gasteiger partial charge in [0.05, 0.1) is 19.1 Å². The van der Waals surface area contributed by atoms with Crippen LogP contribution < -0.4 is 5.32 Å². The summed E-state index contributed by atoms with van der Waals surface area (Å²) >= 11 is 0. The molecule has 4 nitrogen and oxygen atoms in total. The summed E-state index contributed by atoms with van der Waals surface area (Å²) in [6, 6.07) is 6.38. The van der Waals surface area contributed by atoms with Gasteiger partial charge in [0, 0.05) is 0 Å². The number of nitrogens with one attached hydrogen (secondary N) is 1. The van der Waals surface area contributed by atoms with Gasteiger partial charge in [-0.3, -0.25) is 4.79 Å². The predicted molar refractivity (Wildman–Crippen MR) is 65.7 cm³/mol. The van der Waals surface area contributed by atoms with Crippen LogP contribution in [0.4, 0.5) is 0 Å². The Morgan fingerprint density at radius 2 is 2.12 bits per heavy atom. The minimum atomic E-state index is -0.222. The van der Waals surface area contributed by atoms with E-state index in [1.54, 1.807) is 24.3 Å². The van der Waals surface area contributed by atoms with E-state index in [4.69, 9.17) is 5.11 Å². The van der Waals surface area contributed by atoms with Crippen molar-refractivity contribution in [3.05, 3.63) is 29.8 Å². The summed E-state index contributed by atoms with van der Waals surface area (Å²) in [5.41, 5.74) is 0.753. The molecule has 17 heavy (non-hydrogen) atoms. The van der Waals surface area contributed by atoms with Crippen LogP contribution in [0.5, 0.6) is 5.75 Å². The molecular formula is C13H19NO3. The smallest absolute Gasteiger partial charge is 0.224 e. The first-order chi connectivity index (χ1) is 8.02.